The Morgan fingerprint density at radius 1 is 1.45 bits per heavy atom. The van der Waals surface area contributed by atoms with Crippen LogP contribution < -0.4 is 4.90 Å². The van der Waals surface area contributed by atoms with Crippen LogP contribution in [0.25, 0.3) is 10.9 Å². The molecule has 5 heteroatoms. The van der Waals surface area contributed by atoms with Gasteiger partial charge in [-0.3, -0.25) is 9.59 Å². The fourth-order valence-corrected chi connectivity index (χ4v) is 3.36. The fourth-order valence-electron chi connectivity index (χ4n) is 2.67. The van der Waals surface area contributed by atoms with Crippen LogP contribution in [-0.2, 0) is 9.59 Å². The molecule has 0 bridgehead atoms. The number of amides is 1. The highest BCUT2D eigenvalue weighted by atomic mass is 32.2. The van der Waals surface area contributed by atoms with E-state index in [-0.39, 0.29) is 16.9 Å². The number of hydrogen-bond acceptors (Lipinski definition) is 3. The molecule has 2 aromatic rings. The first-order valence-corrected chi connectivity index (χ1v) is 7.63. The fraction of sp³-hybridized carbons (Fsp3) is 0.333. The minimum Gasteiger partial charge on any atom is -0.361 e. The minimum atomic E-state index is 0.114. The molecule has 0 radical (unpaired) electrons. The van der Waals surface area contributed by atoms with Gasteiger partial charge in [0.1, 0.15) is 0 Å². The second kappa shape index (κ2) is 5.32. The van der Waals surface area contributed by atoms with Crippen LogP contribution in [0.5, 0.6) is 0 Å². The molecule has 0 saturated carbocycles. The summed E-state index contributed by atoms with van der Waals surface area (Å²) in [6, 6.07) is 7.94. The summed E-state index contributed by atoms with van der Waals surface area (Å²) in [4.78, 5) is 28.3. The van der Waals surface area contributed by atoms with Gasteiger partial charge in [-0.2, -0.15) is 0 Å². The van der Waals surface area contributed by atoms with Crippen molar-refractivity contribution in [3.8, 4) is 0 Å². The zero-order chi connectivity index (χ0) is 14.1. The molecule has 0 aliphatic carbocycles. The van der Waals surface area contributed by atoms with E-state index in [1.807, 2.05) is 35.4 Å². The normalized spacial score (nSPS) is 18.9. The summed E-state index contributed by atoms with van der Waals surface area (Å²) >= 11 is 1.31. The quantitative estimate of drug-likeness (QED) is 0.945. The monoisotopic (exact) mass is 288 g/mol. The van der Waals surface area contributed by atoms with Gasteiger partial charge in [0.25, 0.3) is 0 Å². The van der Waals surface area contributed by atoms with Crippen molar-refractivity contribution in [3.05, 3.63) is 30.5 Å². The van der Waals surface area contributed by atoms with E-state index in [9.17, 15) is 9.59 Å². The number of rotatable bonds is 3. The first-order chi connectivity index (χ1) is 9.65. The number of benzene rings is 1. The van der Waals surface area contributed by atoms with Crippen molar-refractivity contribution in [3.63, 3.8) is 0 Å². The summed E-state index contributed by atoms with van der Waals surface area (Å²) in [6.45, 7) is 2.27. The molecule has 1 aliphatic heterocycles. The third-order valence-corrected chi connectivity index (χ3v) is 4.63. The van der Waals surface area contributed by atoms with Gasteiger partial charge in [-0.25, -0.2) is 0 Å². The molecule has 20 heavy (non-hydrogen) atoms. The molecule has 1 aromatic heterocycles. The van der Waals surface area contributed by atoms with Crippen molar-refractivity contribution >= 4 is 39.4 Å². The van der Waals surface area contributed by atoms with Gasteiger partial charge in [0.05, 0.1) is 5.69 Å². The van der Waals surface area contributed by atoms with Crippen LogP contribution in [0.3, 0.4) is 0 Å². The molecule has 1 fully saturated rings. The van der Waals surface area contributed by atoms with Crippen molar-refractivity contribution < 1.29 is 9.59 Å². The van der Waals surface area contributed by atoms with E-state index in [1.54, 1.807) is 6.92 Å². The number of nitrogens with zero attached hydrogens (tertiary/aromatic N) is 1. The number of H-pyrrole nitrogens is 1. The number of thioether (sulfide) groups is 1. The molecule has 1 N–H and O–H groups in total. The van der Waals surface area contributed by atoms with E-state index >= 15 is 0 Å². The highest BCUT2D eigenvalue weighted by Crippen LogP contribution is 2.32. The lowest BCUT2D eigenvalue weighted by Crippen LogP contribution is -2.24. The number of nitrogens with one attached hydrogen (secondary N) is 1. The maximum atomic E-state index is 12.2. The molecule has 0 spiro atoms. The first kappa shape index (κ1) is 13.2. The predicted octanol–water partition coefficient (Wildman–Crippen LogP) is 2.80. The number of hydrogen-bond donors (Lipinski definition) is 1. The van der Waals surface area contributed by atoms with Crippen LogP contribution in [0.15, 0.2) is 30.5 Å². The Bertz CT molecular complexity index is 665. The van der Waals surface area contributed by atoms with Crippen molar-refractivity contribution in [2.45, 2.75) is 13.3 Å². The van der Waals surface area contributed by atoms with Gasteiger partial charge in [-0.1, -0.05) is 17.8 Å². The summed E-state index contributed by atoms with van der Waals surface area (Å²) in [5.41, 5.74) is 2.00. The largest absolute Gasteiger partial charge is 0.361 e. The van der Waals surface area contributed by atoms with Crippen molar-refractivity contribution in [2.75, 3.05) is 17.2 Å². The SMILES string of the molecule is CC(=O)SCC1CC(=O)N(c2cccc3[nH]ccc23)C1. The molecule has 104 valence electrons. The third-order valence-electron chi connectivity index (χ3n) is 3.59. The predicted molar refractivity (Wildman–Crippen MR) is 81.9 cm³/mol. The number of fused-ring (bicyclic) bond motifs is 1. The van der Waals surface area contributed by atoms with Crippen molar-refractivity contribution in [1.29, 1.82) is 0 Å². The van der Waals surface area contributed by atoms with E-state index in [1.165, 1.54) is 11.8 Å². The second-order valence-electron chi connectivity index (χ2n) is 5.09. The molecule has 1 unspecified atom stereocenters. The lowest BCUT2D eigenvalue weighted by Gasteiger charge is -2.17. The van der Waals surface area contributed by atoms with E-state index in [0.29, 0.717) is 13.0 Å². The van der Waals surface area contributed by atoms with Crippen LogP contribution in [0.2, 0.25) is 0 Å². The summed E-state index contributed by atoms with van der Waals surface area (Å²) in [5, 5.41) is 1.18. The Morgan fingerprint density at radius 3 is 3.10 bits per heavy atom. The van der Waals surface area contributed by atoms with Gasteiger partial charge >= 0.3 is 0 Å². The molecular weight excluding hydrogens is 272 g/mol. The van der Waals surface area contributed by atoms with Crippen LogP contribution >= 0.6 is 11.8 Å². The van der Waals surface area contributed by atoms with E-state index in [2.05, 4.69) is 4.98 Å². The molecule has 4 nitrogen and oxygen atoms in total. The molecular formula is C15H16N2O2S. The van der Waals surface area contributed by atoms with Gasteiger partial charge in [0.2, 0.25) is 5.91 Å². The molecule has 1 amide bonds. The van der Waals surface area contributed by atoms with E-state index < -0.39 is 0 Å². The Morgan fingerprint density at radius 2 is 2.30 bits per heavy atom. The average Bonchev–Trinajstić information content (AvgIpc) is 3.02. The summed E-state index contributed by atoms with van der Waals surface area (Å²) in [5.74, 6) is 1.12. The molecule has 3 rings (SSSR count). The first-order valence-electron chi connectivity index (χ1n) is 6.65. The van der Waals surface area contributed by atoms with E-state index in [4.69, 9.17) is 0 Å². The Kier molecular flexibility index (Phi) is 3.53. The number of anilines is 1. The lowest BCUT2D eigenvalue weighted by atomic mass is 10.1. The number of aromatic amines is 1. The Hall–Kier alpha value is -1.75. The smallest absolute Gasteiger partial charge is 0.227 e. The molecule has 1 aromatic carbocycles. The van der Waals surface area contributed by atoms with E-state index in [0.717, 1.165) is 22.3 Å². The maximum absolute atomic E-state index is 12.2. The zero-order valence-corrected chi connectivity index (χ0v) is 12.1. The van der Waals surface area contributed by atoms with Crippen molar-refractivity contribution in [1.82, 2.24) is 4.98 Å². The van der Waals surface area contributed by atoms with Gasteiger partial charge < -0.3 is 9.88 Å². The number of carbonyl (C=O) groups is 2. The third kappa shape index (κ3) is 2.45. The van der Waals surface area contributed by atoms with Crippen LogP contribution in [0.4, 0.5) is 5.69 Å². The van der Waals surface area contributed by atoms with Crippen LogP contribution in [0, 0.1) is 5.92 Å². The van der Waals surface area contributed by atoms with Gasteiger partial charge in [-0.15, -0.1) is 0 Å². The summed E-state index contributed by atoms with van der Waals surface area (Å²) in [7, 11) is 0. The second-order valence-corrected chi connectivity index (χ2v) is 6.29. The maximum Gasteiger partial charge on any atom is 0.227 e. The van der Waals surface area contributed by atoms with Gasteiger partial charge in [0.15, 0.2) is 5.12 Å². The summed E-state index contributed by atoms with van der Waals surface area (Å²) in [6.07, 6.45) is 2.42. The standard InChI is InChI=1S/C15H16N2O2S/c1-10(18)20-9-11-7-15(19)17(8-11)14-4-2-3-13-12(14)5-6-16-13/h2-6,11,16H,7-9H2,1H3. The van der Waals surface area contributed by atoms with Crippen molar-refractivity contribution in [2.24, 2.45) is 5.92 Å². The van der Waals surface area contributed by atoms with Crippen LogP contribution in [-0.4, -0.2) is 28.3 Å². The average molecular weight is 288 g/mol. The Labute approximate surface area is 121 Å². The topological polar surface area (TPSA) is 53.2 Å². The lowest BCUT2D eigenvalue weighted by molar-refractivity contribution is -0.117. The Balaban J connectivity index is 1.82. The molecule has 1 atom stereocenters. The highest BCUT2D eigenvalue weighted by Gasteiger charge is 2.31. The number of aromatic nitrogens is 1. The van der Waals surface area contributed by atoms with Gasteiger partial charge in [-0.05, 0) is 24.1 Å². The summed E-state index contributed by atoms with van der Waals surface area (Å²) < 4.78 is 0. The van der Waals surface area contributed by atoms with Gasteiger partial charge in [0, 0.05) is 42.7 Å². The zero-order valence-electron chi connectivity index (χ0n) is 11.3. The molecule has 2 heterocycles. The highest BCUT2D eigenvalue weighted by molar-refractivity contribution is 8.13. The minimum absolute atomic E-state index is 0.114. The molecule has 1 saturated heterocycles. The van der Waals surface area contributed by atoms with Crippen LogP contribution in [0.1, 0.15) is 13.3 Å². The molecule has 1 aliphatic rings. The number of carbonyl (C=O) groups excluding carboxylic acids is 2.